The van der Waals surface area contributed by atoms with Gasteiger partial charge in [0, 0.05) is 47.3 Å². The number of ether oxygens (including phenoxy) is 3. The molecule has 0 amide bonds. The Labute approximate surface area is 432 Å². The summed E-state index contributed by atoms with van der Waals surface area (Å²) in [5.74, 6) is 0.966. The van der Waals surface area contributed by atoms with Crippen molar-refractivity contribution < 1.29 is 43.6 Å². The van der Waals surface area contributed by atoms with Gasteiger partial charge in [0.05, 0.1) is 25.7 Å². The molecule has 0 unspecified atom stereocenters. The molecule has 74 heavy (non-hydrogen) atoms. The van der Waals surface area contributed by atoms with Crippen LogP contribution in [0.1, 0.15) is 46.1 Å². The molecule has 0 spiro atoms. The number of benzene rings is 7. The molecular weight excluding hydrogens is 1000 g/mol. The van der Waals surface area contributed by atoms with Crippen molar-refractivity contribution in [3.05, 3.63) is 151 Å². The van der Waals surface area contributed by atoms with Crippen molar-refractivity contribution in [3.8, 4) is 11.5 Å². The van der Waals surface area contributed by atoms with E-state index in [4.69, 9.17) is 24.1 Å². The number of sulfone groups is 2. The summed E-state index contributed by atoms with van der Waals surface area (Å²) >= 11 is 0. The van der Waals surface area contributed by atoms with Crippen molar-refractivity contribution >= 4 is 73.1 Å². The van der Waals surface area contributed by atoms with Crippen molar-refractivity contribution in [1.82, 2.24) is 25.7 Å². The van der Waals surface area contributed by atoms with Gasteiger partial charge in [-0.25, -0.2) is 16.8 Å². The molecule has 16 nitrogen and oxygen atoms in total. The smallest absolute Gasteiger partial charge is 0.297 e. The monoisotopic (exact) mass is 1060 g/mol. The summed E-state index contributed by atoms with van der Waals surface area (Å²) in [7, 11) is -11.6. The van der Waals surface area contributed by atoms with Gasteiger partial charge in [0.25, 0.3) is 10.1 Å². The van der Waals surface area contributed by atoms with E-state index in [1.54, 1.807) is 84.9 Å². The van der Waals surface area contributed by atoms with Gasteiger partial charge in [-0.05, 0) is 97.2 Å². The zero-order valence-corrected chi connectivity index (χ0v) is 44.4. The minimum Gasteiger partial charge on any atom is -0.492 e. The predicted octanol–water partition coefficient (Wildman–Crippen LogP) is 9.72. The Morgan fingerprint density at radius 1 is 0.581 bits per heavy atom. The average Bonchev–Trinajstić information content (AvgIpc) is 4.20. The molecule has 2 aromatic heterocycles. The van der Waals surface area contributed by atoms with Crippen LogP contribution in [0.5, 0.6) is 11.5 Å². The van der Waals surface area contributed by atoms with Crippen LogP contribution in [0, 0.1) is 6.92 Å². The molecule has 0 atom stereocenters. The van der Waals surface area contributed by atoms with Crippen LogP contribution in [0.25, 0.3) is 43.4 Å². The Balaban J connectivity index is 0.000000188. The van der Waals surface area contributed by atoms with Crippen LogP contribution < -0.4 is 20.5 Å². The lowest BCUT2D eigenvalue weighted by Crippen LogP contribution is -2.27. The standard InChI is InChI=1S/C26H22N2O6S2.C22H23N3O3S.C4H8O.C3H9N/c1-18-9-12-21(13-10-18)36(31,32)34-16-15-33-20-11-14-24-23(17-20)26(28-27-24)35(29,30)25-8-4-6-19-5-2-3-7-22(19)25;1-15(2)23-12-13-28-17-10-11-20-19(14-17)22(25-24-20)29(26,27)21-9-5-7-16-6-3-4-8-18(16)21;1-2-4-5-3-1;1-3(2)4/h2-14,17H,15-16H2,1H3,(H,27,28);3-11,14-15,23H,12-13H2,1-2H3,(H,24,25);1-4H2;3H,4H2,1-2H3. The number of rotatable bonds is 15. The molecule has 10 rings (SSSR count). The number of H-pyrrole nitrogens is 2. The molecule has 0 saturated carbocycles. The van der Waals surface area contributed by atoms with Crippen molar-refractivity contribution in [1.29, 1.82) is 0 Å². The molecule has 1 aliphatic rings. The van der Waals surface area contributed by atoms with E-state index >= 15 is 0 Å². The highest BCUT2D eigenvalue weighted by Crippen LogP contribution is 2.34. The maximum atomic E-state index is 13.6. The first kappa shape index (κ1) is 55.0. The van der Waals surface area contributed by atoms with Crippen molar-refractivity contribution in [2.45, 2.75) is 84.3 Å². The first-order chi connectivity index (χ1) is 35.5. The first-order valence-corrected chi connectivity index (χ1v) is 28.5. The highest BCUT2D eigenvalue weighted by Gasteiger charge is 2.27. The van der Waals surface area contributed by atoms with Crippen molar-refractivity contribution in [3.63, 3.8) is 0 Å². The quantitative estimate of drug-likeness (QED) is 0.0553. The zero-order valence-electron chi connectivity index (χ0n) is 41.9. The van der Waals surface area contributed by atoms with E-state index < -0.39 is 29.8 Å². The van der Waals surface area contributed by atoms with Gasteiger partial charge in [-0.3, -0.25) is 14.4 Å². The number of fused-ring (bicyclic) bond motifs is 4. The van der Waals surface area contributed by atoms with Crippen LogP contribution >= 0.6 is 0 Å². The second-order valence-electron chi connectivity index (χ2n) is 17.9. The molecule has 3 heterocycles. The Bertz CT molecular complexity index is 3630. The highest BCUT2D eigenvalue weighted by molar-refractivity contribution is 7.92. The average molecular weight is 1060 g/mol. The Morgan fingerprint density at radius 2 is 1.04 bits per heavy atom. The SMILES string of the molecule is C1CCOC1.CC(C)N.CC(C)NCCOc1ccc2n[nH]c(S(=O)(=O)c3cccc4ccccc34)c2c1.Cc1ccc(S(=O)(=O)OCCOc2ccc3n[nH]c(S(=O)(=O)c4cccc5ccccc45)c3c2)cc1. The summed E-state index contributed by atoms with van der Waals surface area (Å²) in [6, 6.07) is 42.3. The van der Waals surface area contributed by atoms with Crippen LogP contribution in [0.4, 0.5) is 0 Å². The number of aromatic nitrogens is 4. The molecular formula is C55H62N6O10S3. The topological polar surface area (TPSA) is 235 Å². The fourth-order valence-electron chi connectivity index (χ4n) is 7.70. The molecule has 0 bridgehead atoms. The lowest BCUT2D eigenvalue weighted by atomic mass is 10.1. The summed E-state index contributed by atoms with van der Waals surface area (Å²) in [5, 5.41) is 20.9. The van der Waals surface area contributed by atoms with Crippen molar-refractivity contribution in [2.24, 2.45) is 5.73 Å². The number of nitrogens with two attached hydrogens (primary N) is 1. The number of hydrogen-bond acceptors (Lipinski definition) is 14. The highest BCUT2D eigenvalue weighted by atomic mass is 32.2. The maximum Gasteiger partial charge on any atom is 0.297 e. The molecule has 1 saturated heterocycles. The van der Waals surface area contributed by atoms with E-state index in [1.807, 2.05) is 69.3 Å². The van der Waals surface area contributed by atoms with Crippen molar-refractivity contribution in [2.75, 3.05) is 39.6 Å². The van der Waals surface area contributed by atoms with Crippen LogP contribution in [0.3, 0.4) is 0 Å². The molecule has 19 heteroatoms. The molecule has 9 aromatic rings. The zero-order chi connectivity index (χ0) is 52.9. The molecule has 0 radical (unpaired) electrons. The third-order valence-electron chi connectivity index (χ3n) is 11.2. The summed E-state index contributed by atoms with van der Waals surface area (Å²) < 4.78 is 100. The third-order valence-corrected chi connectivity index (χ3v) is 16.1. The first-order valence-electron chi connectivity index (χ1n) is 24.2. The fraction of sp³-hybridized carbons (Fsp3) is 0.273. The van der Waals surface area contributed by atoms with Gasteiger partial charge in [0.2, 0.25) is 19.7 Å². The molecule has 7 aromatic carbocycles. The second-order valence-corrected chi connectivity index (χ2v) is 23.2. The molecule has 0 aliphatic carbocycles. The van der Waals surface area contributed by atoms with Crippen LogP contribution in [-0.4, -0.2) is 97.3 Å². The minimum atomic E-state index is -3.92. The number of nitrogens with one attached hydrogen (secondary N) is 3. The van der Waals surface area contributed by atoms with Gasteiger partial charge in [-0.1, -0.05) is 118 Å². The number of hydrogen-bond donors (Lipinski definition) is 4. The van der Waals surface area contributed by atoms with E-state index in [-0.39, 0.29) is 38.0 Å². The number of aryl methyl sites for hydroxylation is 1. The lowest BCUT2D eigenvalue weighted by Gasteiger charge is -2.10. The van der Waals surface area contributed by atoms with Gasteiger partial charge in [-0.15, -0.1) is 0 Å². The van der Waals surface area contributed by atoms with E-state index in [0.29, 0.717) is 69.3 Å². The summed E-state index contributed by atoms with van der Waals surface area (Å²) in [6.45, 7) is 12.8. The molecule has 390 valence electrons. The Kier molecular flexibility index (Phi) is 18.6. The molecule has 5 N–H and O–H groups in total. The van der Waals surface area contributed by atoms with Crippen LogP contribution in [-0.2, 0) is 38.7 Å². The molecule has 1 fully saturated rings. The second kappa shape index (κ2) is 25.0. The van der Waals surface area contributed by atoms with E-state index in [1.165, 1.54) is 25.0 Å². The maximum absolute atomic E-state index is 13.6. The fourth-order valence-corrected chi connectivity index (χ4v) is 11.7. The largest absolute Gasteiger partial charge is 0.492 e. The molecule has 1 aliphatic heterocycles. The van der Waals surface area contributed by atoms with Gasteiger partial charge in [0.1, 0.15) is 31.3 Å². The Morgan fingerprint density at radius 3 is 1.50 bits per heavy atom. The Hall–Kier alpha value is -6.71. The van der Waals surface area contributed by atoms with E-state index in [0.717, 1.165) is 29.5 Å². The van der Waals surface area contributed by atoms with E-state index in [2.05, 4.69) is 39.6 Å². The van der Waals surface area contributed by atoms with Gasteiger partial charge in [-0.2, -0.15) is 18.6 Å². The number of nitrogens with zero attached hydrogens (tertiary/aromatic N) is 2. The van der Waals surface area contributed by atoms with Crippen LogP contribution in [0.2, 0.25) is 0 Å². The third kappa shape index (κ3) is 13.9. The normalized spacial score (nSPS) is 12.8. The summed E-state index contributed by atoms with van der Waals surface area (Å²) in [6.07, 6.45) is 2.56. The van der Waals surface area contributed by atoms with E-state index in [9.17, 15) is 25.3 Å². The summed E-state index contributed by atoms with van der Waals surface area (Å²) in [4.78, 5) is 0.497. The summed E-state index contributed by atoms with van der Waals surface area (Å²) in [5.41, 5.74) is 7.09. The lowest BCUT2D eigenvalue weighted by molar-refractivity contribution is 0.198. The number of aromatic amines is 2. The predicted molar refractivity (Wildman–Crippen MR) is 289 cm³/mol. The minimum absolute atomic E-state index is 0.0440. The van der Waals surface area contributed by atoms with Gasteiger partial charge in [0.15, 0.2) is 10.1 Å². The van der Waals surface area contributed by atoms with Crippen LogP contribution in [0.15, 0.2) is 170 Å². The van der Waals surface area contributed by atoms with Gasteiger partial charge >= 0.3 is 0 Å². The van der Waals surface area contributed by atoms with Gasteiger partial charge < -0.3 is 25.3 Å².